The van der Waals surface area contributed by atoms with Crippen LogP contribution in [0, 0.1) is 0 Å². The minimum absolute atomic E-state index is 0.387. The topological polar surface area (TPSA) is 76.8 Å². The van der Waals surface area contributed by atoms with Crippen molar-refractivity contribution < 1.29 is 4.74 Å². The van der Waals surface area contributed by atoms with E-state index in [9.17, 15) is 0 Å². The maximum absolute atomic E-state index is 6.22. The minimum atomic E-state index is -0.387. The van der Waals surface area contributed by atoms with Gasteiger partial charge in [0.25, 0.3) is 0 Å². The lowest BCUT2D eigenvalue weighted by molar-refractivity contribution is 0.0493. The molecule has 0 unspecified atom stereocenters. The molecular weight excluding hydrogens is 180 g/mol. The average Bonchev–Trinajstić information content (AvgIpc) is 2.67. The van der Waals surface area contributed by atoms with Crippen molar-refractivity contribution in [2.24, 2.45) is 5.73 Å². The van der Waals surface area contributed by atoms with E-state index in [1.165, 1.54) is 0 Å². The van der Waals surface area contributed by atoms with Crippen LogP contribution in [0.15, 0.2) is 0 Å². The van der Waals surface area contributed by atoms with Gasteiger partial charge in [0.2, 0.25) is 0 Å². The fraction of sp³-hybridized carbons (Fsp3) is 0.778. The zero-order chi connectivity index (χ0) is 10.0. The first-order chi connectivity index (χ1) is 6.74. The number of nitrogens with zero attached hydrogens (tertiary/aromatic N) is 2. The third-order valence-corrected chi connectivity index (χ3v) is 2.70. The summed E-state index contributed by atoms with van der Waals surface area (Å²) in [5.41, 5.74) is 5.84. The molecule has 0 aliphatic carbocycles. The molecule has 1 aromatic rings. The molecule has 0 atom stereocenters. The van der Waals surface area contributed by atoms with Gasteiger partial charge in [0.1, 0.15) is 5.82 Å². The molecule has 0 bridgehead atoms. The summed E-state index contributed by atoms with van der Waals surface area (Å²) < 4.78 is 5.27. The van der Waals surface area contributed by atoms with E-state index in [0.717, 1.165) is 30.9 Å². The Labute approximate surface area is 83.1 Å². The van der Waals surface area contributed by atoms with Crippen LogP contribution >= 0.6 is 0 Å². The normalized spacial score (nSPS) is 21.0. The number of H-pyrrole nitrogens is 1. The Morgan fingerprint density at radius 1 is 1.50 bits per heavy atom. The predicted molar refractivity (Wildman–Crippen MR) is 51.7 cm³/mol. The van der Waals surface area contributed by atoms with Crippen LogP contribution in [0.4, 0.5) is 0 Å². The van der Waals surface area contributed by atoms with Crippen LogP contribution in [0.1, 0.15) is 31.4 Å². The zero-order valence-corrected chi connectivity index (χ0v) is 8.42. The van der Waals surface area contributed by atoms with E-state index in [2.05, 4.69) is 15.2 Å². The number of hydrogen-bond acceptors (Lipinski definition) is 4. The molecule has 1 aliphatic rings. The van der Waals surface area contributed by atoms with Gasteiger partial charge in [-0.2, -0.15) is 5.10 Å². The smallest absolute Gasteiger partial charge is 0.170 e. The third-order valence-electron chi connectivity index (χ3n) is 2.70. The molecule has 78 valence electrons. The van der Waals surface area contributed by atoms with E-state index >= 15 is 0 Å². The second-order valence-corrected chi connectivity index (χ2v) is 3.73. The molecule has 2 heterocycles. The van der Waals surface area contributed by atoms with Gasteiger partial charge >= 0.3 is 0 Å². The molecule has 2 rings (SSSR count). The van der Waals surface area contributed by atoms with Gasteiger partial charge in [0.15, 0.2) is 5.82 Å². The van der Waals surface area contributed by atoms with Crippen molar-refractivity contribution >= 4 is 0 Å². The summed E-state index contributed by atoms with van der Waals surface area (Å²) >= 11 is 0. The maximum Gasteiger partial charge on any atom is 0.170 e. The zero-order valence-electron chi connectivity index (χ0n) is 8.42. The molecule has 0 saturated carbocycles. The van der Waals surface area contributed by atoms with Gasteiger partial charge < -0.3 is 10.5 Å². The predicted octanol–water partition coefficient (Wildman–Crippen LogP) is 0.331. The lowest BCUT2D eigenvalue weighted by Crippen LogP contribution is -2.43. The Balaban J connectivity index is 2.19. The van der Waals surface area contributed by atoms with Crippen molar-refractivity contribution in [1.29, 1.82) is 0 Å². The molecule has 5 heteroatoms. The van der Waals surface area contributed by atoms with Gasteiger partial charge in [-0.15, -0.1) is 0 Å². The van der Waals surface area contributed by atoms with E-state index < -0.39 is 0 Å². The van der Waals surface area contributed by atoms with E-state index in [1.807, 2.05) is 6.92 Å². The second-order valence-electron chi connectivity index (χ2n) is 3.73. The number of rotatable bonds is 2. The largest absolute Gasteiger partial charge is 0.381 e. The van der Waals surface area contributed by atoms with Gasteiger partial charge in [0.05, 0.1) is 5.54 Å². The lowest BCUT2D eigenvalue weighted by Gasteiger charge is -2.30. The van der Waals surface area contributed by atoms with Crippen LogP contribution < -0.4 is 5.73 Å². The molecular formula is C9H16N4O. The summed E-state index contributed by atoms with van der Waals surface area (Å²) in [6.45, 7) is 3.44. The molecule has 0 amide bonds. The first-order valence-electron chi connectivity index (χ1n) is 5.03. The number of ether oxygens (including phenoxy) is 1. The highest BCUT2D eigenvalue weighted by Gasteiger charge is 2.33. The maximum atomic E-state index is 6.22. The van der Waals surface area contributed by atoms with Gasteiger partial charge in [0, 0.05) is 19.6 Å². The van der Waals surface area contributed by atoms with Gasteiger partial charge in [-0.3, -0.25) is 5.10 Å². The summed E-state index contributed by atoms with van der Waals surface area (Å²) in [6.07, 6.45) is 2.46. The molecule has 5 nitrogen and oxygen atoms in total. The minimum Gasteiger partial charge on any atom is -0.381 e. The fourth-order valence-corrected chi connectivity index (χ4v) is 1.64. The number of aromatic nitrogens is 3. The van der Waals surface area contributed by atoms with Crippen LogP contribution in [0.25, 0.3) is 0 Å². The van der Waals surface area contributed by atoms with Crippen LogP contribution in [0.3, 0.4) is 0 Å². The van der Waals surface area contributed by atoms with Crippen molar-refractivity contribution in [1.82, 2.24) is 15.2 Å². The fourth-order valence-electron chi connectivity index (χ4n) is 1.64. The van der Waals surface area contributed by atoms with Gasteiger partial charge in [-0.1, -0.05) is 6.92 Å². The number of hydrogen-bond donors (Lipinski definition) is 2. The first-order valence-corrected chi connectivity index (χ1v) is 5.03. The van der Waals surface area contributed by atoms with Crippen molar-refractivity contribution in [2.75, 3.05) is 13.2 Å². The highest BCUT2D eigenvalue weighted by Crippen LogP contribution is 2.26. The van der Waals surface area contributed by atoms with Crippen LogP contribution in [-0.2, 0) is 16.7 Å². The van der Waals surface area contributed by atoms with Gasteiger partial charge in [-0.25, -0.2) is 4.98 Å². The van der Waals surface area contributed by atoms with Crippen molar-refractivity contribution in [3.63, 3.8) is 0 Å². The summed E-state index contributed by atoms with van der Waals surface area (Å²) in [4.78, 5) is 4.38. The quantitative estimate of drug-likeness (QED) is 0.714. The third kappa shape index (κ3) is 1.65. The molecule has 0 spiro atoms. The Kier molecular flexibility index (Phi) is 2.52. The molecule has 0 aromatic carbocycles. The highest BCUT2D eigenvalue weighted by atomic mass is 16.5. The van der Waals surface area contributed by atoms with Crippen LogP contribution in [0.5, 0.6) is 0 Å². The average molecular weight is 196 g/mol. The highest BCUT2D eigenvalue weighted by molar-refractivity contribution is 5.06. The SMILES string of the molecule is CCc1nc(C2(N)CCOCC2)n[nH]1. The second kappa shape index (κ2) is 3.67. The molecule has 1 saturated heterocycles. The van der Waals surface area contributed by atoms with Gasteiger partial charge in [-0.05, 0) is 12.8 Å². The van der Waals surface area contributed by atoms with Crippen LogP contribution in [0.2, 0.25) is 0 Å². The summed E-state index contributed by atoms with van der Waals surface area (Å²) in [6, 6.07) is 0. The Morgan fingerprint density at radius 2 is 2.21 bits per heavy atom. The Hall–Kier alpha value is -0.940. The lowest BCUT2D eigenvalue weighted by atomic mass is 9.91. The summed E-state index contributed by atoms with van der Waals surface area (Å²) in [5, 5.41) is 7.06. The van der Waals surface area contributed by atoms with Crippen LogP contribution in [-0.4, -0.2) is 28.4 Å². The van der Waals surface area contributed by atoms with E-state index in [4.69, 9.17) is 10.5 Å². The molecule has 1 aromatic heterocycles. The number of nitrogens with two attached hydrogens (primary N) is 1. The molecule has 14 heavy (non-hydrogen) atoms. The molecule has 0 radical (unpaired) electrons. The summed E-state index contributed by atoms with van der Waals surface area (Å²) in [7, 11) is 0. The Bertz CT molecular complexity index is 304. The number of aryl methyl sites for hydroxylation is 1. The van der Waals surface area contributed by atoms with E-state index in [0.29, 0.717) is 13.2 Å². The molecule has 1 aliphatic heterocycles. The summed E-state index contributed by atoms with van der Waals surface area (Å²) in [5.74, 6) is 1.63. The Morgan fingerprint density at radius 3 is 2.79 bits per heavy atom. The number of aromatic amines is 1. The standard InChI is InChI=1S/C9H16N4O/c1-2-7-11-8(13-12-7)9(10)3-5-14-6-4-9/h2-6,10H2,1H3,(H,11,12,13). The number of nitrogens with one attached hydrogen (secondary N) is 1. The van der Waals surface area contributed by atoms with E-state index in [-0.39, 0.29) is 5.54 Å². The van der Waals surface area contributed by atoms with Crippen molar-refractivity contribution in [2.45, 2.75) is 31.7 Å². The molecule has 3 N–H and O–H groups in total. The van der Waals surface area contributed by atoms with Crippen molar-refractivity contribution in [3.05, 3.63) is 11.6 Å². The van der Waals surface area contributed by atoms with Crippen molar-refractivity contribution in [3.8, 4) is 0 Å². The monoisotopic (exact) mass is 196 g/mol. The van der Waals surface area contributed by atoms with E-state index in [1.54, 1.807) is 0 Å². The molecule has 1 fully saturated rings. The first kappa shape index (κ1) is 9.61.